The number of benzene rings is 2. The zero-order valence-electron chi connectivity index (χ0n) is 20.0. The summed E-state index contributed by atoms with van der Waals surface area (Å²) < 4.78 is 7.11. The highest BCUT2D eigenvalue weighted by atomic mass is 28.4. The minimum Gasteiger partial charge on any atom is -0.407 e. The Hall–Kier alpha value is -1.42. The molecule has 0 amide bonds. The maximum Gasteiger partial charge on any atom is 0.261 e. The zero-order valence-corrected chi connectivity index (χ0v) is 21.0. The van der Waals surface area contributed by atoms with E-state index in [1.807, 2.05) is 0 Å². The summed E-state index contributed by atoms with van der Waals surface area (Å²) in [6.45, 7) is 10.6. The Morgan fingerprint density at radius 3 is 2.06 bits per heavy atom. The normalized spacial score (nSPS) is 20.7. The molecule has 1 N–H and O–H groups in total. The fourth-order valence-corrected chi connectivity index (χ4v) is 10.5. The van der Waals surface area contributed by atoms with Crippen LogP contribution in [0.2, 0.25) is 5.04 Å². The molecule has 3 atom stereocenters. The summed E-state index contributed by atoms with van der Waals surface area (Å²) in [5.41, 5.74) is 0. The Balaban J connectivity index is 1.80. The molecule has 0 aromatic heterocycles. The van der Waals surface area contributed by atoms with Crippen molar-refractivity contribution in [1.82, 2.24) is 0 Å². The van der Waals surface area contributed by atoms with Gasteiger partial charge in [0.2, 0.25) is 0 Å². The second-order valence-corrected chi connectivity index (χ2v) is 14.8. The molecule has 170 valence electrons. The SMILES string of the molecule is C[C@@H](CCO[Si](c1ccccc1)(c1ccccc1)C(C)(C)C)C1CCCC1CCCO. The molecule has 0 spiro atoms. The molecule has 1 aliphatic rings. The molecular formula is C28H42O2Si. The Bertz CT molecular complexity index is 729. The average molecular weight is 439 g/mol. The smallest absolute Gasteiger partial charge is 0.261 e. The van der Waals surface area contributed by atoms with Crippen LogP contribution in [0.15, 0.2) is 60.7 Å². The fraction of sp³-hybridized carbons (Fsp3) is 0.571. The Kier molecular flexibility index (Phi) is 8.55. The molecule has 3 heteroatoms. The van der Waals surface area contributed by atoms with Crippen molar-refractivity contribution in [2.45, 2.75) is 71.3 Å². The van der Waals surface area contributed by atoms with Crippen molar-refractivity contribution in [3.8, 4) is 0 Å². The van der Waals surface area contributed by atoms with Gasteiger partial charge in [0.15, 0.2) is 0 Å². The molecule has 1 aliphatic carbocycles. The van der Waals surface area contributed by atoms with Crippen LogP contribution < -0.4 is 10.4 Å². The summed E-state index contributed by atoms with van der Waals surface area (Å²) in [6.07, 6.45) is 7.28. The first-order valence-corrected chi connectivity index (χ1v) is 14.2. The van der Waals surface area contributed by atoms with Crippen molar-refractivity contribution in [2.75, 3.05) is 13.2 Å². The molecule has 31 heavy (non-hydrogen) atoms. The quantitative estimate of drug-likeness (QED) is 0.477. The van der Waals surface area contributed by atoms with Crippen LogP contribution in [0.4, 0.5) is 0 Å². The summed E-state index contributed by atoms with van der Waals surface area (Å²) in [5, 5.41) is 12.0. The molecule has 1 saturated carbocycles. The molecule has 0 bridgehead atoms. The molecule has 2 unspecified atom stereocenters. The molecule has 0 radical (unpaired) electrons. The Morgan fingerprint density at radius 1 is 0.968 bits per heavy atom. The predicted octanol–water partition coefficient (Wildman–Crippen LogP) is 5.78. The van der Waals surface area contributed by atoms with Gasteiger partial charge in [0.25, 0.3) is 8.32 Å². The average Bonchev–Trinajstić information content (AvgIpc) is 3.24. The molecule has 0 aliphatic heterocycles. The van der Waals surface area contributed by atoms with Gasteiger partial charge in [-0.25, -0.2) is 0 Å². The van der Waals surface area contributed by atoms with Gasteiger partial charge in [-0.1, -0.05) is 101 Å². The third-order valence-electron chi connectivity index (χ3n) is 7.49. The highest BCUT2D eigenvalue weighted by molar-refractivity contribution is 6.99. The van der Waals surface area contributed by atoms with E-state index in [0.717, 1.165) is 31.3 Å². The lowest BCUT2D eigenvalue weighted by Gasteiger charge is -2.43. The molecule has 0 heterocycles. The van der Waals surface area contributed by atoms with Crippen molar-refractivity contribution in [2.24, 2.45) is 17.8 Å². The summed E-state index contributed by atoms with van der Waals surface area (Å²) in [6, 6.07) is 21.9. The predicted molar refractivity (Wildman–Crippen MR) is 135 cm³/mol. The number of aliphatic hydroxyl groups is 1. The van der Waals surface area contributed by atoms with Crippen molar-refractivity contribution in [3.63, 3.8) is 0 Å². The number of hydrogen-bond donors (Lipinski definition) is 1. The number of hydrogen-bond acceptors (Lipinski definition) is 2. The maximum absolute atomic E-state index is 9.26. The zero-order chi connectivity index (χ0) is 22.3. The van der Waals surface area contributed by atoms with Crippen LogP contribution in [0.5, 0.6) is 0 Å². The van der Waals surface area contributed by atoms with Crippen LogP contribution in [0.3, 0.4) is 0 Å². The van der Waals surface area contributed by atoms with Crippen molar-refractivity contribution < 1.29 is 9.53 Å². The summed E-state index contributed by atoms with van der Waals surface area (Å²) in [7, 11) is -2.43. The van der Waals surface area contributed by atoms with Gasteiger partial charge in [-0.3, -0.25) is 0 Å². The standard InChI is InChI=1S/C28H42O2Si/c1-23(27-19-11-13-24(27)14-12-21-29)20-22-30-31(28(2,3)4,25-15-7-5-8-16-25)26-17-9-6-10-18-26/h5-10,15-18,23-24,27,29H,11-14,19-22H2,1-4H3/t23-,24?,27?/m0/s1. The molecule has 1 fully saturated rings. The van der Waals surface area contributed by atoms with E-state index < -0.39 is 8.32 Å². The number of aliphatic hydroxyl groups excluding tert-OH is 1. The van der Waals surface area contributed by atoms with Gasteiger partial charge in [0, 0.05) is 13.2 Å². The van der Waals surface area contributed by atoms with E-state index in [-0.39, 0.29) is 5.04 Å². The van der Waals surface area contributed by atoms with E-state index >= 15 is 0 Å². The topological polar surface area (TPSA) is 29.5 Å². The van der Waals surface area contributed by atoms with E-state index in [2.05, 4.69) is 88.4 Å². The molecule has 2 aromatic carbocycles. The van der Waals surface area contributed by atoms with Crippen LogP contribution in [-0.2, 0) is 4.43 Å². The summed E-state index contributed by atoms with van der Waals surface area (Å²) >= 11 is 0. The van der Waals surface area contributed by atoms with Crippen LogP contribution in [0.25, 0.3) is 0 Å². The van der Waals surface area contributed by atoms with Gasteiger partial charge in [0.1, 0.15) is 0 Å². The second-order valence-electron chi connectivity index (χ2n) is 10.5. The molecule has 0 saturated heterocycles. The molecule has 3 rings (SSSR count). The minimum absolute atomic E-state index is 0.0377. The van der Waals surface area contributed by atoms with Crippen LogP contribution in [0, 0.1) is 17.8 Å². The van der Waals surface area contributed by atoms with E-state index in [1.165, 1.54) is 36.1 Å². The van der Waals surface area contributed by atoms with Crippen LogP contribution in [0.1, 0.15) is 66.2 Å². The second kappa shape index (κ2) is 10.9. The van der Waals surface area contributed by atoms with Crippen molar-refractivity contribution in [3.05, 3.63) is 60.7 Å². The molecular weight excluding hydrogens is 396 g/mol. The van der Waals surface area contributed by atoms with Gasteiger partial charge < -0.3 is 9.53 Å². The third-order valence-corrected chi connectivity index (χ3v) is 12.5. The van der Waals surface area contributed by atoms with E-state index in [9.17, 15) is 5.11 Å². The lowest BCUT2D eigenvalue weighted by Crippen LogP contribution is -2.66. The molecule has 2 nitrogen and oxygen atoms in total. The lowest BCUT2D eigenvalue weighted by atomic mass is 9.81. The van der Waals surface area contributed by atoms with Crippen LogP contribution >= 0.6 is 0 Å². The van der Waals surface area contributed by atoms with Crippen molar-refractivity contribution in [1.29, 1.82) is 0 Å². The molecule has 2 aromatic rings. The van der Waals surface area contributed by atoms with Crippen molar-refractivity contribution >= 4 is 18.7 Å². The van der Waals surface area contributed by atoms with Gasteiger partial charge in [-0.15, -0.1) is 0 Å². The third kappa shape index (κ3) is 5.50. The first-order valence-electron chi connectivity index (χ1n) is 12.3. The summed E-state index contributed by atoms with van der Waals surface area (Å²) in [4.78, 5) is 0. The highest BCUT2D eigenvalue weighted by Crippen LogP contribution is 2.41. The maximum atomic E-state index is 9.26. The number of rotatable bonds is 10. The first kappa shape index (κ1) is 24.2. The van der Waals surface area contributed by atoms with Gasteiger partial charge in [0.05, 0.1) is 0 Å². The monoisotopic (exact) mass is 438 g/mol. The fourth-order valence-electron chi connectivity index (χ4n) is 5.90. The van der Waals surface area contributed by atoms with Gasteiger partial charge in [-0.2, -0.15) is 0 Å². The highest BCUT2D eigenvalue weighted by Gasteiger charge is 2.50. The van der Waals surface area contributed by atoms with E-state index in [4.69, 9.17) is 4.43 Å². The minimum atomic E-state index is -2.43. The van der Waals surface area contributed by atoms with Crippen LogP contribution in [-0.4, -0.2) is 26.6 Å². The van der Waals surface area contributed by atoms with E-state index in [0.29, 0.717) is 12.5 Å². The largest absolute Gasteiger partial charge is 0.407 e. The van der Waals surface area contributed by atoms with Gasteiger partial charge in [-0.05, 0) is 58.8 Å². The first-order chi connectivity index (χ1) is 14.9. The summed E-state index contributed by atoms with van der Waals surface area (Å²) in [5.74, 6) is 2.24. The Morgan fingerprint density at radius 2 is 1.55 bits per heavy atom. The lowest BCUT2D eigenvalue weighted by molar-refractivity contribution is 0.193. The Labute approximate surface area is 191 Å². The van der Waals surface area contributed by atoms with Gasteiger partial charge >= 0.3 is 0 Å². The van der Waals surface area contributed by atoms with E-state index in [1.54, 1.807) is 0 Å².